The molecule has 1 unspecified atom stereocenters. The van der Waals surface area contributed by atoms with Crippen LogP contribution < -0.4 is 0 Å². The minimum Gasteiger partial charge on any atom is -0.234 e. The Labute approximate surface area is 114 Å². The fourth-order valence-electron chi connectivity index (χ4n) is 2.14. The van der Waals surface area contributed by atoms with E-state index in [0.29, 0.717) is 5.56 Å². The highest BCUT2D eigenvalue weighted by molar-refractivity contribution is 7.97. The SMILES string of the molecule is O=S1(=O)CC(S(=O)(=O)c2nccs2)c2ccccc21. The van der Waals surface area contributed by atoms with E-state index in [9.17, 15) is 16.8 Å². The molecule has 3 rings (SSSR count). The van der Waals surface area contributed by atoms with Crippen LogP contribution in [-0.4, -0.2) is 27.6 Å². The third kappa shape index (κ3) is 1.90. The van der Waals surface area contributed by atoms with E-state index in [4.69, 9.17) is 0 Å². The minimum absolute atomic E-state index is 0.0376. The maximum Gasteiger partial charge on any atom is 0.213 e. The van der Waals surface area contributed by atoms with Crippen molar-refractivity contribution in [1.82, 2.24) is 4.98 Å². The lowest BCUT2D eigenvalue weighted by atomic mass is 10.2. The lowest BCUT2D eigenvalue weighted by molar-refractivity contribution is 0.581. The summed E-state index contributed by atoms with van der Waals surface area (Å²) in [7, 11) is -7.28. The number of aromatic nitrogens is 1. The van der Waals surface area contributed by atoms with Gasteiger partial charge in [-0.2, -0.15) is 0 Å². The quantitative estimate of drug-likeness (QED) is 0.837. The molecule has 0 saturated heterocycles. The summed E-state index contributed by atoms with van der Waals surface area (Å²) in [6, 6.07) is 6.23. The first-order chi connectivity index (χ1) is 8.93. The molecule has 0 amide bonds. The van der Waals surface area contributed by atoms with Crippen molar-refractivity contribution in [2.24, 2.45) is 0 Å². The molecule has 0 fully saturated rings. The van der Waals surface area contributed by atoms with Crippen molar-refractivity contribution < 1.29 is 16.8 Å². The van der Waals surface area contributed by atoms with Gasteiger partial charge in [-0.1, -0.05) is 18.2 Å². The van der Waals surface area contributed by atoms with Gasteiger partial charge in [0.2, 0.25) is 14.2 Å². The van der Waals surface area contributed by atoms with Crippen molar-refractivity contribution >= 4 is 31.0 Å². The van der Waals surface area contributed by atoms with Gasteiger partial charge in [-0.05, 0) is 11.6 Å². The van der Waals surface area contributed by atoms with Crippen LogP contribution in [0.25, 0.3) is 0 Å². The van der Waals surface area contributed by atoms with Gasteiger partial charge >= 0.3 is 0 Å². The number of sulfone groups is 2. The average molecular weight is 315 g/mol. The summed E-state index contributed by atoms with van der Waals surface area (Å²) < 4.78 is 48.8. The summed E-state index contributed by atoms with van der Waals surface area (Å²) in [5.41, 5.74) is 0.345. The Balaban J connectivity index is 2.21. The van der Waals surface area contributed by atoms with Gasteiger partial charge in [0, 0.05) is 11.6 Å². The van der Waals surface area contributed by atoms with Gasteiger partial charge in [-0.25, -0.2) is 21.8 Å². The number of benzene rings is 1. The number of fused-ring (bicyclic) bond motifs is 1. The average Bonchev–Trinajstić information content (AvgIpc) is 2.97. The zero-order chi connectivity index (χ0) is 13.7. The van der Waals surface area contributed by atoms with E-state index in [2.05, 4.69) is 4.98 Å². The second kappa shape index (κ2) is 4.12. The Morgan fingerprint density at radius 2 is 2.00 bits per heavy atom. The fraction of sp³-hybridized carbons (Fsp3) is 0.182. The van der Waals surface area contributed by atoms with Gasteiger partial charge in [-0.15, -0.1) is 11.3 Å². The van der Waals surface area contributed by atoms with Gasteiger partial charge in [0.15, 0.2) is 9.84 Å². The van der Waals surface area contributed by atoms with Crippen LogP contribution in [0.3, 0.4) is 0 Å². The molecule has 1 aliphatic heterocycles. The van der Waals surface area contributed by atoms with E-state index in [-0.39, 0.29) is 9.24 Å². The van der Waals surface area contributed by atoms with E-state index >= 15 is 0 Å². The van der Waals surface area contributed by atoms with E-state index in [1.807, 2.05) is 0 Å². The molecule has 19 heavy (non-hydrogen) atoms. The minimum atomic E-state index is -3.75. The normalized spacial score (nSPS) is 21.2. The van der Waals surface area contributed by atoms with Crippen molar-refractivity contribution in [2.75, 3.05) is 5.75 Å². The smallest absolute Gasteiger partial charge is 0.213 e. The molecule has 100 valence electrons. The lowest BCUT2D eigenvalue weighted by Gasteiger charge is -2.08. The molecular weight excluding hydrogens is 306 g/mol. The Morgan fingerprint density at radius 1 is 1.26 bits per heavy atom. The molecule has 0 saturated carbocycles. The summed E-state index contributed by atoms with van der Waals surface area (Å²) >= 11 is 0.998. The topological polar surface area (TPSA) is 81.2 Å². The maximum atomic E-state index is 12.4. The van der Waals surface area contributed by atoms with Crippen LogP contribution >= 0.6 is 11.3 Å². The van der Waals surface area contributed by atoms with E-state index in [0.717, 1.165) is 11.3 Å². The second-order valence-electron chi connectivity index (χ2n) is 4.15. The van der Waals surface area contributed by atoms with Gasteiger partial charge in [0.25, 0.3) is 0 Å². The zero-order valence-corrected chi connectivity index (χ0v) is 12.0. The van der Waals surface area contributed by atoms with Gasteiger partial charge in [0.05, 0.1) is 10.6 Å². The Bertz CT molecular complexity index is 823. The van der Waals surface area contributed by atoms with Crippen molar-refractivity contribution in [2.45, 2.75) is 14.5 Å². The molecule has 0 bridgehead atoms. The fourth-order valence-corrected chi connectivity index (χ4v) is 7.48. The first-order valence-electron chi connectivity index (χ1n) is 5.38. The highest BCUT2D eigenvalue weighted by Gasteiger charge is 2.43. The van der Waals surface area contributed by atoms with Crippen LogP contribution in [0.5, 0.6) is 0 Å². The number of thiazole rings is 1. The second-order valence-corrected chi connectivity index (χ2v) is 9.35. The third-order valence-corrected chi connectivity index (χ3v) is 8.34. The molecule has 0 spiro atoms. The van der Waals surface area contributed by atoms with Crippen LogP contribution in [0.1, 0.15) is 10.8 Å². The van der Waals surface area contributed by atoms with Gasteiger partial charge in [-0.3, -0.25) is 0 Å². The number of rotatable bonds is 2. The summed E-state index contributed by atoms with van der Waals surface area (Å²) in [6.07, 6.45) is 1.40. The van der Waals surface area contributed by atoms with Crippen LogP contribution in [0.4, 0.5) is 0 Å². The molecular formula is C11H9NO4S3. The van der Waals surface area contributed by atoms with Crippen molar-refractivity contribution in [3.05, 3.63) is 41.4 Å². The number of nitrogens with zero attached hydrogens (tertiary/aromatic N) is 1. The van der Waals surface area contributed by atoms with Crippen molar-refractivity contribution in [3.63, 3.8) is 0 Å². The highest BCUT2D eigenvalue weighted by atomic mass is 32.2. The summed E-state index contributed by atoms with van der Waals surface area (Å²) in [4.78, 5) is 3.90. The molecule has 5 nitrogen and oxygen atoms in total. The monoisotopic (exact) mass is 315 g/mol. The Hall–Kier alpha value is -1.25. The molecule has 1 aromatic heterocycles. The first kappa shape index (κ1) is 12.8. The first-order valence-corrected chi connectivity index (χ1v) is 9.46. The van der Waals surface area contributed by atoms with Gasteiger partial charge in [0.1, 0.15) is 5.25 Å². The van der Waals surface area contributed by atoms with Crippen molar-refractivity contribution in [1.29, 1.82) is 0 Å². The van der Waals surface area contributed by atoms with Gasteiger partial charge < -0.3 is 0 Å². The summed E-state index contributed by atoms with van der Waals surface area (Å²) in [5, 5.41) is 0.502. The summed E-state index contributed by atoms with van der Waals surface area (Å²) in [6.45, 7) is 0. The zero-order valence-electron chi connectivity index (χ0n) is 9.55. The largest absolute Gasteiger partial charge is 0.234 e. The number of hydrogen-bond donors (Lipinski definition) is 0. The van der Waals surface area contributed by atoms with Crippen LogP contribution in [0.15, 0.2) is 45.1 Å². The highest BCUT2D eigenvalue weighted by Crippen LogP contribution is 2.41. The predicted octanol–water partition coefficient (Wildman–Crippen LogP) is 1.45. The molecule has 1 aliphatic rings. The number of hydrogen-bond acceptors (Lipinski definition) is 6. The Morgan fingerprint density at radius 3 is 2.68 bits per heavy atom. The van der Waals surface area contributed by atoms with Crippen LogP contribution in [0.2, 0.25) is 0 Å². The van der Waals surface area contributed by atoms with Crippen LogP contribution in [0, 0.1) is 0 Å². The van der Waals surface area contributed by atoms with E-state index < -0.39 is 30.7 Å². The van der Waals surface area contributed by atoms with Crippen LogP contribution in [-0.2, 0) is 19.7 Å². The molecule has 0 N–H and O–H groups in total. The molecule has 2 heterocycles. The molecule has 8 heteroatoms. The Kier molecular flexibility index (Phi) is 2.77. The van der Waals surface area contributed by atoms with E-state index in [1.54, 1.807) is 23.6 Å². The molecule has 0 radical (unpaired) electrons. The molecule has 2 aromatic rings. The molecule has 1 aromatic carbocycles. The predicted molar refractivity (Wildman–Crippen MR) is 70.5 cm³/mol. The molecule has 0 aliphatic carbocycles. The standard InChI is InChI=1S/C11H9NO4S3/c13-18(14)7-10(8-3-1-2-4-9(8)18)19(15,16)11-12-5-6-17-11/h1-6,10H,7H2. The van der Waals surface area contributed by atoms with E-state index in [1.165, 1.54) is 12.3 Å². The summed E-state index contributed by atoms with van der Waals surface area (Å²) in [5.74, 6) is -0.408. The maximum absolute atomic E-state index is 12.4. The third-order valence-electron chi connectivity index (χ3n) is 3.00. The lowest BCUT2D eigenvalue weighted by Crippen LogP contribution is -2.15. The van der Waals surface area contributed by atoms with Crippen molar-refractivity contribution in [3.8, 4) is 0 Å². The molecule has 1 atom stereocenters.